The van der Waals surface area contributed by atoms with Gasteiger partial charge in [-0.25, -0.2) is 0 Å². The van der Waals surface area contributed by atoms with Gasteiger partial charge < -0.3 is 13.3 Å². The van der Waals surface area contributed by atoms with Crippen molar-refractivity contribution in [3.05, 3.63) is 13.3 Å². The van der Waals surface area contributed by atoms with Crippen molar-refractivity contribution in [2.75, 3.05) is 0 Å². The van der Waals surface area contributed by atoms with E-state index in [4.69, 9.17) is 0 Å². The summed E-state index contributed by atoms with van der Waals surface area (Å²) in [4.78, 5) is 0. The summed E-state index contributed by atoms with van der Waals surface area (Å²) in [6.45, 7) is 4.61. The average molecular weight is 196 g/mol. The fourth-order valence-electron chi connectivity index (χ4n) is 1.82. The molecular weight excluding hydrogens is 176 g/mol. The summed E-state index contributed by atoms with van der Waals surface area (Å²) in [5.74, 6) is 2.76. The third-order valence-corrected chi connectivity index (χ3v) is 2.46. The van der Waals surface area contributed by atoms with Crippen molar-refractivity contribution in [2.24, 2.45) is 5.92 Å². The molecule has 0 aromatic heterocycles. The van der Waals surface area contributed by atoms with Crippen LogP contribution in [0.2, 0.25) is 0 Å². The van der Waals surface area contributed by atoms with E-state index < -0.39 is 0 Å². The van der Waals surface area contributed by atoms with Crippen LogP contribution in [0.25, 0.3) is 0 Å². The molecule has 0 bridgehead atoms. The molecule has 0 amide bonds. The molecular formula is C10H20Fe. The molecule has 1 saturated carbocycles. The molecule has 1 rings (SSSR count). The SMILES string of the molecule is CCCC1CCC[C-]1C.[CH3-].[Fe+2]. The first-order valence-electron chi connectivity index (χ1n) is 4.17. The van der Waals surface area contributed by atoms with Gasteiger partial charge in [0.15, 0.2) is 0 Å². The molecule has 1 fully saturated rings. The Morgan fingerprint density at radius 1 is 1.45 bits per heavy atom. The zero-order chi connectivity index (χ0) is 6.69. The van der Waals surface area contributed by atoms with Crippen molar-refractivity contribution >= 4 is 0 Å². The maximum absolute atomic E-state index is 2.33. The normalized spacial score (nSPS) is 24.0. The Bertz CT molecular complexity index is 80.9. The monoisotopic (exact) mass is 196 g/mol. The first-order valence-corrected chi connectivity index (χ1v) is 4.17. The molecule has 0 aromatic rings. The Kier molecular flexibility index (Phi) is 9.19. The van der Waals surface area contributed by atoms with Crippen LogP contribution in [0.5, 0.6) is 0 Å². The van der Waals surface area contributed by atoms with E-state index in [-0.39, 0.29) is 24.5 Å². The van der Waals surface area contributed by atoms with Crippen LogP contribution in [0.1, 0.15) is 46.0 Å². The summed E-state index contributed by atoms with van der Waals surface area (Å²) in [5.41, 5.74) is 0. The van der Waals surface area contributed by atoms with Gasteiger partial charge in [-0.05, 0) is 0 Å². The molecule has 0 radical (unpaired) electrons. The average Bonchev–Trinajstić information content (AvgIpc) is 2.18. The second kappa shape index (κ2) is 7.18. The molecule has 0 nitrogen and oxygen atoms in total. The second-order valence-electron chi connectivity index (χ2n) is 3.22. The van der Waals surface area contributed by atoms with Gasteiger partial charge in [-0.2, -0.15) is 19.3 Å². The van der Waals surface area contributed by atoms with Crippen LogP contribution >= 0.6 is 0 Å². The Balaban J connectivity index is 0. The molecule has 1 atom stereocenters. The summed E-state index contributed by atoms with van der Waals surface area (Å²) in [6, 6.07) is 0. The van der Waals surface area contributed by atoms with Crippen molar-refractivity contribution < 1.29 is 17.1 Å². The van der Waals surface area contributed by atoms with Gasteiger partial charge in [0.05, 0.1) is 0 Å². The van der Waals surface area contributed by atoms with Crippen LogP contribution in [0.15, 0.2) is 0 Å². The van der Waals surface area contributed by atoms with Gasteiger partial charge in [-0.3, -0.25) is 0 Å². The van der Waals surface area contributed by atoms with Crippen LogP contribution < -0.4 is 0 Å². The molecule has 1 aliphatic carbocycles. The summed E-state index contributed by atoms with van der Waals surface area (Å²) < 4.78 is 0. The van der Waals surface area contributed by atoms with Crippen LogP contribution in [-0.4, -0.2) is 0 Å². The predicted molar refractivity (Wildman–Crippen MR) is 47.6 cm³/mol. The quantitative estimate of drug-likeness (QED) is 0.467. The van der Waals surface area contributed by atoms with Gasteiger partial charge >= 0.3 is 17.1 Å². The molecule has 0 saturated heterocycles. The van der Waals surface area contributed by atoms with Gasteiger partial charge in [0, 0.05) is 0 Å². The van der Waals surface area contributed by atoms with Gasteiger partial charge in [0.1, 0.15) is 0 Å². The van der Waals surface area contributed by atoms with Gasteiger partial charge in [0.2, 0.25) is 0 Å². The van der Waals surface area contributed by atoms with Crippen LogP contribution in [0.4, 0.5) is 0 Å². The van der Waals surface area contributed by atoms with E-state index in [1.54, 1.807) is 5.92 Å². The van der Waals surface area contributed by atoms with Gasteiger partial charge in [-0.15, -0.1) is 0 Å². The third kappa shape index (κ3) is 4.18. The predicted octanol–water partition coefficient (Wildman–Crippen LogP) is 3.63. The van der Waals surface area contributed by atoms with E-state index >= 15 is 0 Å². The molecule has 1 aliphatic rings. The molecule has 0 spiro atoms. The maximum atomic E-state index is 2.33. The van der Waals surface area contributed by atoms with E-state index in [0.717, 1.165) is 5.92 Å². The number of hydrogen-bond acceptors (Lipinski definition) is 0. The molecule has 0 heterocycles. The fourth-order valence-corrected chi connectivity index (χ4v) is 1.82. The first-order chi connectivity index (χ1) is 4.34. The molecule has 1 heteroatoms. The Morgan fingerprint density at radius 3 is 2.45 bits per heavy atom. The molecule has 0 aromatic carbocycles. The van der Waals surface area contributed by atoms with E-state index in [1.165, 1.54) is 32.1 Å². The molecule has 11 heavy (non-hydrogen) atoms. The number of hydrogen-bond donors (Lipinski definition) is 0. The zero-order valence-corrected chi connectivity index (χ0v) is 9.07. The summed E-state index contributed by atoms with van der Waals surface area (Å²) >= 11 is 0. The van der Waals surface area contributed by atoms with E-state index in [1.807, 2.05) is 0 Å². The maximum Gasteiger partial charge on any atom is 2.00 e. The smallest absolute Gasteiger partial charge is 0.358 e. The Hall–Kier alpha value is 0.519. The minimum Gasteiger partial charge on any atom is -0.358 e. The molecule has 1 unspecified atom stereocenters. The van der Waals surface area contributed by atoms with Crippen molar-refractivity contribution in [1.29, 1.82) is 0 Å². The number of rotatable bonds is 2. The van der Waals surface area contributed by atoms with Gasteiger partial charge in [0.25, 0.3) is 0 Å². The molecule has 68 valence electrons. The Morgan fingerprint density at radius 2 is 2.09 bits per heavy atom. The largest absolute Gasteiger partial charge is 2.00 e. The zero-order valence-electron chi connectivity index (χ0n) is 7.97. The van der Waals surface area contributed by atoms with Crippen molar-refractivity contribution in [3.8, 4) is 0 Å². The Labute approximate surface area is 82.6 Å². The molecule has 0 aliphatic heterocycles. The topological polar surface area (TPSA) is 0 Å². The summed E-state index contributed by atoms with van der Waals surface area (Å²) in [6.07, 6.45) is 7.13. The van der Waals surface area contributed by atoms with Crippen LogP contribution in [-0.2, 0) is 17.1 Å². The molecule has 0 N–H and O–H groups in total. The van der Waals surface area contributed by atoms with Crippen LogP contribution in [0, 0.1) is 19.3 Å². The summed E-state index contributed by atoms with van der Waals surface area (Å²) in [5, 5.41) is 0. The van der Waals surface area contributed by atoms with E-state index in [9.17, 15) is 0 Å². The minimum atomic E-state index is 0. The first kappa shape index (κ1) is 14.1. The van der Waals surface area contributed by atoms with Crippen LogP contribution in [0.3, 0.4) is 0 Å². The van der Waals surface area contributed by atoms with Gasteiger partial charge in [-0.1, -0.05) is 32.6 Å². The summed E-state index contributed by atoms with van der Waals surface area (Å²) in [7, 11) is 0. The minimum absolute atomic E-state index is 0. The van der Waals surface area contributed by atoms with Crippen molar-refractivity contribution in [1.82, 2.24) is 0 Å². The standard InChI is InChI=1S/C9H17.CH3.Fe/c1-3-5-9-7-4-6-8(9)2;;/h9H,3-7H2,1-2H3;1H3;/q2*-1;+2. The second-order valence-corrected chi connectivity index (χ2v) is 3.22. The van der Waals surface area contributed by atoms with Crippen molar-refractivity contribution in [2.45, 2.75) is 46.0 Å². The van der Waals surface area contributed by atoms with E-state index in [0.29, 0.717) is 0 Å². The van der Waals surface area contributed by atoms with Crippen molar-refractivity contribution in [3.63, 3.8) is 0 Å². The van der Waals surface area contributed by atoms with E-state index in [2.05, 4.69) is 13.8 Å². The third-order valence-electron chi connectivity index (χ3n) is 2.46. The fraction of sp³-hybridized carbons (Fsp3) is 0.800.